The van der Waals surface area contributed by atoms with Crippen LogP contribution in [0.3, 0.4) is 0 Å². The van der Waals surface area contributed by atoms with Crippen molar-refractivity contribution < 1.29 is 4.52 Å². The summed E-state index contributed by atoms with van der Waals surface area (Å²) < 4.78 is 5.46. The fraction of sp³-hybridized carbons (Fsp3) is 0.500. The summed E-state index contributed by atoms with van der Waals surface area (Å²) in [7, 11) is 2.18. The van der Waals surface area contributed by atoms with Gasteiger partial charge in [0.15, 0.2) is 5.58 Å². The largest absolute Gasteiger partial charge is 0.356 e. The highest BCUT2D eigenvalue weighted by Gasteiger charge is 2.28. The second-order valence-electron chi connectivity index (χ2n) is 8.28. The third-order valence-corrected chi connectivity index (χ3v) is 6.55. The molecule has 1 saturated heterocycles. The number of fused-ring (bicyclic) bond motifs is 2. The summed E-state index contributed by atoms with van der Waals surface area (Å²) in [6, 6.07) is 6.18. The van der Waals surface area contributed by atoms with Crippen LogP contribution in [0.1, 0.15) is 42.0 Å². The molecule has 29 heavy (non-hydrogen) atoms. The van der Waals surface area contributed by atoms with Crippen LogP contribution in [0.25, 0.3) is 11.0 Å². The first kappa shape index (κ1) is 18.8. The number of piperidine rings is 1. The van der Waals surface area contributed by atoms with Crippen LogP contribution in [-0.2, 0) is 19.4 Å². The molecule has 2 aliphatic rings. The first-order valence-electron chi connectivity index (χ1n) is 10.4. The van der Waals surface area contributed by atoms with E-state index < -0.39 is 0 Å². The first-order valence-corrected chi connectivity index (χ1v) is 10.8. The van der Waals surface area contributed by atoms with Gasteiger partial charge in [-0.3, -0.25) is 4.90 Å². The Morgan fingerprint density at radius 3 is 2.86 bits per heavy atom. The lowest BCUT2D eigenvalue weighted by Gasteiger charge is -2.37. The van der Waals surface area contributed by atoms with Crippen LogP contribution in [0, 0.1) is 6.92 Å². The van der Waals surface area contributed by atoms with Crippen molar-refractivity contribution in [2.75, 3.05) is 25.0 Å². The van der Waals surface area contributed by atoms with E-state index in [0.29, 0.717) is 11.1 Å². The van der Waals surface area contributed by atoms with Crippen LogP contribution in [0.2, 0.25) is 5.02 Å². The van der Waals surface area contributed by atoms with E-state index in [1.165, 1.54) is 23.5 Å². The molecule has 0 atom stereocenters. The molecular formula is C22H26ClN5O. The van der Waals surface area contributed by atoms with Crippen molar-refractivity contribution in [2.24, 2.45) is 0 Å². The predicted molar refractivity (Wildman–Crippen MR) is 115 cm³/mol. The Kier molecular flexibility index (Phi) is 4.92. The topological polar surface area (TPSA) is 58.3 Å². The van der Waals surface area contributed by atoms with Crippen LogP contribution in [0.5, 0.6) is 0 Å². The molecule has 0 radical (unpaired) electrons. The number of hydrogen-bond donors (Lipinski definition) is 0. The number of rotatable bonds is 4. The lowest BCUT2D eigenvalue weighted by Crippen LogP contribution is -2.43. The average Bonchev–Trinajstić information content (AvgIpc) is 3.34. The standard InChI is InChI=1S/C22H26ClN5O/c1-14-24-19-5-3-4-17(19)22(25-14)28-10-8-16(9-11-28)27(2)13-20-18-12-15(23)6-7-21(18)29-26-20/h6-7,12,16H,3-5,8-11,13H2,1-2H3. The summed E-state index contributed by atoms with van der Waals surface area (Å²) in [5, 5.41) is 6.00. The Hall–Kier alpha value is -2.18. The predicted octanol–water partition coefficient (Wildman–Crippen LogP) is 4.17. The Morgan fingerprint density at radius 1 is 1.21 bits per heavy atom. The fourth-order valence-electron chi connectivity index (χ4n) is 4.75. The molecule has 0 N–H and O–H groups in total. The number of nitrogens with zero attached hydrogens (tertiary/aromatic N) is 5. The van der Waals surface area contributed by atoms with Crippen LogP contribution < -0.4 is 4.90 Å². The molecule has 2 aromatic heterocycles. The Bertz CT molecular complexity index is 1040. The molecular weight excluding hydrogens is 386 g/mol. The Morgan fingerprint density at radius 2 is 2.03 bits per heavy atom. The molecule has 152 valence electrons. The first-order chi connectivity index (χ1) is 14.1. The van der Waals surface area contributed by atoms with Gasteiger partial charge in [-0.15, -0.1) is 0 Å². The van der Waals surface area contributed by atoms with Gasteiger partial charge in [0.25, 0.3) is 0 Å². The molecule has 5 rings (SSSR count). The Balaban J connectivity index is 1.27. The average molecular weight is 412 g/mol. The maximum Gasteiger partial charge on any atom is 0.167 e. The zero-order valence-electron chi connectivity index (χ0n) is 17.0. The van der Waals surface area contributed by atoms with Crippen molar-refractivity contribution >= 4 is 28.4 Å². The SMILES string of the molecule is Cc1nc2c(c(N3CCC(N(C)Cc4noc5ccc(Cl)cc45)CC3)n1)CCC2. The van der Waals surface area contributed by atoms with Crippen molar-refractivity contribution in [3.63, 3.8) is 0 Å². The van der Waals surface area contributed by atoms with Gasteiger partial charge >= 0.3 is 0 Å². The number of benzene rings is 1. The van der Waals surface area contributed by atoms with E-state index in [2.05, 4.69) is 27.0 Å². The van der Waals surface area contributed by atoms with Gasteiger partial charge in [-0.05, 0) is 64.3 Å². The molecule has 0 unspecified atom stereocenters. The molecule has 0 saturated carbocycles. The monoisotopic (exact) mass is 411 g/mol. The molecule has 1 aromatic carbocycles. The van der Waals surface area contributed by atoms with E-state index in [-0.39, 0.29) is 0 Å². The summed E-state index contributed by atoms with van der Waals surface area (Å²) in [6.45, 7) is 4.84. The smallest absolute Gasteiger partial charge is 0.167 e. The second-order valence-corrected chi connectivity index (χ2v) is 8.71. The van der Waals surface area contributed by atoms with E-state index in [0.717, 1.165) is 67.8 Å². The molecule has 7 heteroatoms. The van der Waals surface area contributed by atoms with Crippen molar-refractivity contribution in [3.05, 3.63) is 46.0 Å². The highest BCUT2D eigenvalue weighted by atomic mass is 35.5. The summed E-state index contributed by atoms with van der Waals surface area (Å²) in [5.74, 6) is 2.08. The molecule has 6 nitrogen and oxygen atoms in total. The van der Waals surface area contributed by atoms with Gasteiger partial charge in [-0.2, -0.15) is 0 Å². The zero-order chi connectivity index (χ0) is 20.0. The minimum absolute atomic E-state index is 0.521. The summed E-state index contributed by atoms with van der Waals surface area (Å²) in [6.07, 6.45) is 5.65. The van der Waals surface area contributed by atoms with Gasteiger partial charge in [-0.25, -0.2) is 9.97 Å². The van der Waals surface area contributed by atoms with Gasteiger partial charge in [-0.1, -0.05) is 16.8 Å². The second kappa shape index (κ2) is 7.58. The molecule has 1 fully saturated rings. The van der Waals surface area contributed by atoms with Gasteiger partial charge in [0.1, 0.15) is 17.3 Å². The van der Waals surface area contributed by atoms with E-state index in [1.54, 1.807) is 0 Å². The molecule has 0 bridgehead atoms. The lowest BCUT2D eigenvalue weighted by molar-refractivity contribution is 0.196. The van der Waals surface area contributed by atoms with Crippen LogP contribution >= 0.6 is 11.6 Å². The van der Waals surface area contributed by atoms with Crippen LogP contribution in [0.4, 0.5) is 5.82 Å². The van der Waals surface area contributed by atoms with Crippen molar-refractivity contribution in [2.45, 2.75) is 51.6 Å². The van der Waals surface area contributed by atoms with Crippen LogP contribution in [-0.4, -0.2) is 46.2 Å². The normalized spacial score (nSPS) is 17.4. The molecule has 3 heterocycles. The molecule has 0 spiro atoms. The van der Waals surface area contributed by atoms with Gasteiger partial charge in [0, 0.05) is 47.3 Å². The van der Waals surface area contributed by atoms with E-state index in [4.69, 9.17) is 21.1 Å². The summed E-state index contributed by atoms with van der Waals surface area (Å²) in [5.41, 5.74) is 4.40. The third-order valence-electron chi connectivity index (χ3n) is 6.32. The minimum Gasteiger partial charge on any atom is -0.356 e. The minimum atomic E-state index is 0.521. The molecule has 0 amide bonds. The summed E-state index contributed by atoms with van der Waals surface area (Å²) in [4.78, 5) is 14.3. The third kappa shape index (κ3) is 3.60. The number of hydrogen-bond acceptors (Lipinski definition) is 6. The quantitative estimate of drug-likeness (QED) is 0.642. The van der Waals surface area contributed by atoms with E-state index in [9.17, 15) is 0 Å². The van der Waals surface area contributed by atoms with Crippen molar-refractivity contribution in [3.8, 4) is 0 Å². The number of halogens is 1. The maximum atomic E-state index is 6.16. The maximum absolute atomic E-state index is 6.16. The molecule has 3 aromatic rings. The van der Waals surface area contributed by atoms with Gasteiger partial charge in [0.05, 0.1) is 0 Å². The lowest BCUT2D eigenvalue weighted by atomic mass is 10.0. The number of anilines is 1. The number of aryl methyl sites for hydroxylation is 2. The van der Waals surface area contributed by atoms with Gasteiger partial charge < -0.3 is 9.42 Å². The van der Waals surface area contributed by atoms with Crippen molar-refractivity contribution in [1.29, 1.82) is 0 Å². The van der Waals surface area contributed by atoms with Crippen LogP contribution in [0.15, 0.2) is 22.7 Å². The zero-order valence-corrected chi connectivity index (χ0v) is 17.7. The highest BCUT2D eigenvalue weighted by Crippen LogP contribution is 2.31. The fourth-order valence-corrected chi connectivity index (χ4v) is 4.93. The molecule has 1 aliphatic heterocycles. The molecule has 1 aliphatic carbocycles. The van der Waals surface area contributed by atoms with E-state index in [1.807, 2.05) is 25.1 Å². The van der Waals surface area contributed by atoms with E-state index >= 15 is 0 Å². The van der Waals surface area contributed by atoms with Crippen molar-refractivity contribution in [1.82, 2.24) is 20.0 Å². The summed E-state index contributed by atoms with van der Waals surface area (Å²) >= 11 is 6.16. The van der Waals surface area contributed by atoms with Gasteiger partial charge in [0.2, 0.25) is 0 Å². The highest BCUT2D eigenvalue weighted by molar-refractivity contribution is 6.31. The number of aromatic nitrogens is 3. The Labute approximate surface area is 175 Å².